The van der Waals surface area contributed by atoms with Crippen LogP contribution in [0.25, 0.3) is 195 Å². The number of hydrogen-bond donors (Lipinski definition) is 0. The third-order valence-corrected chi connectivity index (χ3v) is 21.0. The molecule has 0 bridgehead atoms. The second-order valence-electron chi connectivity index (χ2n) is 25.0. The summed E-state index contributed by atoms with van der Waals surface area (Å²) >= 11 is 1.93. The molecule has 0 spiro atoms. The summed E-state index contributed by atoms with van der Waals surface area (Å²) in [6.45, 7) is 0. The Bertz CT molecular complexity index is 5930. The zero-order valence-electron chi connectivity index (χ0n) is 50.7. The summed E-state index contributed by atoms with van der Waals surface area (Å²) in [5.74, 6) is 0. The normalized spacial score (nSPS) is 11.9. The van der Waals surface area contributed by atoms with Crippen molar-refractivity contribution in [1.82, 2.24) is 0 Å². The molecule has 0 radical (unpaired) electrons. The molecule has 18 aromatic carbocycles. The van der Waals surface area contributed by atoms with Gasteiger partial charge in [-0.3, -0.25) is 0 Å². The first-order valence-electron chi connectivity index (χ1n) is 32.2. The lowest BCUT2D eigenvalue weighted by atomic mass is 9.88. The molecule has 19 rings (SSSR count). The fourth-order valence-corrected chi connectivity index (χ4v) is 16.7. The van der Waals surface area contributed by atoms with Crippen molar-refractivity contribution in [3.63, 3.8) is 0 Å². The van der Waals surface area contributed by atoms with E-state index in [9.17, 15) is 0 Å². The molecular formula is C92H56S. The molecule has 0 aliphatic heterocycles. The molecule has 0 aliphatic rings. The van der Waals surface area contributed by atoms with Gasteiger partial charge in [0.2, 0.25) is 0 Å². The van der Waals surface area contributed by atoms with Crippen LogP contribution in [0.15, 0.2) is 340 Å². The van der Waals surface area contributed by atoms with Crippen LogP contribution in [0.2, 0.25) is 0 Å². The lowest BCUT2D eigenvalue weighted by Gasteiger charge is -2.15. The molecule has 0 saturated carbocycles. The maximum atomic E-state index is 2.50. The molecule has 93 heavy (non-hydrogen) atoms. The van der Waals surface area contributed by atoms with Gasteiger partial charge >= 0.3 is 0 Å². The van der Waals surface area contributed by atoms with Crippen LogP contribution in [0, 0.1) is 0 Å². The minimum absolute atomic E-state index is 1.17. The van der Waals surface area contributed by atoms with Crippen LogP contribution in [0.3, 0.4) is 0 Å². The van der Waals surface area contributed by atoms with E-state index in [2.05, 4.69) is 340 Å². The molecule has 1 heteroatoms. The monoisotopic (exact) mass is 1190 g/mol. The number of fused-ring (bicyclic) bond motifs is 15. The van der Waals surface area contributed by atoms with E-state index in [-0.39, 0.29) is 0 Å². The Morgan fingerprint density at radius 2 is 0.355 bits per heavy atom. The zero-order chi connectivity index (χ0) is 61.1. The third kappa shape index (κ3) is 8.81. The molecule has 1 heterocycles. The van der Waals surface area contributed by atoms with E-state index < -0.39 is 0 Å². The van der Waals surface area contributed by atoms with Crippen molar-refractivity contribution in [3.05, 3.63) is 340 Å². The van der Waals surface area contributed by atoms with Crippen LogP contribution >= 0.6 is 11.3 Å². The lowest BCUT2D eigenvalue weighted by molar-refractivity contribution is 1.61. The summed E-state index contributed by atoms with van der Waals surface area (Å²) in [6, 6.07) is 128. The highest BCUT2D eigenvalue weighted by Crippen LogP contribution is 2.50. The second kappa shape index (κ2) is 21.5. The fraction of sp³-hybridized carbons (Fsp3) is 0. The minimum atomic E-state index is 1.17. The SMILES string of the molecule is c1cc(-c2cc(-c3cccc(-c4cc5ccccc5c5ccccc45)c3)c3sc4c(-c5cccc(-c6cc7ccccc7c7ccccc67)c5)cc(-c5cccc(-c6cc7ccccc7c7ccccc67)c5)cc4c3c2)cc(-c2cc3ccccc3c3ccccc23)c1. The Labute approximate surface area is 542 Å². The van der Waals surface area contributed by atoms with Crippen LogP contribution in [-0.4, -0.2) is 0 Å². The predicted molar refractivity (Wildman–Crippen MR) is 403 cm³/mol. The summed E-state index contributed by atoms with van der Waals surface area (Å²) in [5, 5.41) is 22.6. The van der Waals surface area contributed by atoms with Gasteiger partial charge in [0.15, 0.2) is 0 Å². The summed E-state index contributed by atoms with van der Waals surface area (Å²) in [5.41, 5.74) is 19.2. The standard InChI is InChI=1S/C92H56S/c1-5-33-71-65(21-1)49-83(79-41-13-9-37-75(71)79)59-27-17-25-57(45-59)69-53-87(63-31-19-29-61(47-63)85-51-67-23-3-7-35-73(67)77-39-11-15-43-81(77)85)91-89(55-69)90-56-70(58-26-18-28-60(46-58)84-50-66-22-2-6-34-72(66)76-38-10-14-42-80(76)84)54-88(92(90)93-91)64-32-20-30-62(48-64)86-52-68-24-4-8-36-74(68)78-40-12-16-44-82(78)86/h1-56H. The van der Waals surface area contributed by atoms with Gasteiger partial charge in [-0.25, -0.2) is 0 Å². The topological polar surface area (TPSA) is 0 Å². The van der Waals surface area contributed by atoms with Gasteiger partial charge in [0.05, 0.1) is 0 Å². The molecule has 0 unspecified atom stereocenters. The summed E-state index contributed by atoms with van der Waals surface area (Å²) < 4.78 is 2.52. The summed E-state index contributed by atoms with van der Waals surface area (Å²) in [7, 11) is 0. The van der Waals surface area contributed by atoms with Gasteiger partial charge < -0.3 is 0 Å². The molecule has 19 aromatic rings. The van der Waals surface area contributed by atoms with E-state index in [0.29, 0.717) is 0 Å². The molecule has 0 atom stereocenters. The Hall–Kier alpha value is -11.7. The zero-order valence-corrected chi connectivity index (χ0v) is 51.6. The van der Waals surface area contributed by atoms with E-state index >= 15 is 0 Å². The lowest BCUT2D eigenvalue weighted by Crippen LogP contribution is -1.89. The quantitative estimate of drug-likeness (QED) is 0.133. The van der Waals surface area contributed by atoms with E-state index in [4.69, 9.17) is 0 Å². The average Bonchev–Trinajstić information content (AvgIpc) is 1.66. The molecular weight excluding hydrogens is 1140 g/mol. The largest absolute Gasteiger partial charge is 0.134 e. The van der Waals surface area contributed by atoms with Crippen LogP contribution in [0.4, 0.5) is 0 Å². The van der Waals surface area contributed by atoms with Crippen molar-refractivity contribution >= 4 is 118 Å². The van der Waals surface area contributed by atoms with Crippen molar-refractivity contribution in [2.75, 3.05) is 0 Å². The van der Waals surface area contributed by atoms with Crippen molar-refractivity contribution in [2.45, 2.75) is 0 Å². The smallest absolute Gasteiger partial charge is 0.0434 e. The molecule has 0 amide bonds. The van der Waals surface area contributed by atoms with Crippen LogP contribution in [-0.2, 0) is 0 Å². The first kappa shape index (κ1) is 53.1. The van der Waals surface area contributed by atoms with Crippen molar-refractivity contribution in [3.8, 4) is 89.0 Å². The van der Waals surface area contributed by atoms with Crippen molar-refractivity contribution < 1.29 is 0 Å². The molecule has 0 aliphatic carbocycles. The third-order valence-electron chi connectivity index (χ3n) is 19.7. The maximum absolute atomic E-state index is 2.50. The average molecular weight is 1190 g/mol. The molecule has 0 nitrogen and oxygen atoms in total. The number of thiophene rings is 1. The van der Waals surface area contributed by atoms with Gasteiger partial charge in [-0.1, -0.05) is 267 Å². The van der Waals surface area contributed by atoms with Gasteiger partial charge in [-0.05, 0) is 237 Å². The summed E-state index contributed by atoms with van der Waals surface area (Å²) in [4.78, 5) is 0. The first-order valence-corrected chi connectivity index (χ1v) is 33.0. The maximum Gasteiger partial charge on any atom is 0.0434 e. The Kier molecular flexibility index (Phi) is 12.3. The Morgan fingerprint density at radius 1 is 0.129 bits per heavy atom. The van der Waals surface area contributed by atoms with Gasteiger partial charge in [-0.15, -0.1) is 11.3 Å². The van der Waals surface area contributed by atoms with E-state index in [1.165, 1.54) is 195 Å². The van der Waals surface area contributed by atoms with Gasteiger partial charge in [0.25, 0.3) is 0 Å². The number of rotatable bonds is 8. The highest BCUT2D eigenvalue weighted by Gasteiger charge is 2.22. The van der Waals surface area contributed by atoms with Crippen LogP contribution in [0.5, 0.6) is 0 Å². The van der Waals surface area contributed by atoms with E-state index in [1.54, 1.807) is 0 Å². The fourth-order valence-electron chi connectivity index (χ4n) is 15.4. The second-order valence-corrected chi connectivity index (χ2v) is 26.0. The predicted octanol–water partition coefficient (Wildman–Crippen LogP) is 26.6. The van der Waals surface area contributed by atoms with Gasteiger partial charge in [0, 0.05) is 31.3 Å². The highest BCUT2D eigenvalue weighted by molar-refractivity contribution is 7.27. The van der Waals surface area contributed by atoms with Crippen molar-refractivity contribution in [1.29, 1.82) is 0 Å². The molecule has 0 fully saturated rings. The number of hydrogen-bond acceptors (Lipinski definition) is 1. The van der Waals surface area contributed by atoms with Crippen LogP contribution in [0.1, 0.15) is 0 Å². The molecule has 0 saturated heterocycles. The highest BCUT2D eigenvalue weighted by atomic mass is 32.1. The van der Waals surface area contributed by atoms with E-state index in [1.807, 2.05) is 11.3 Å². The van der Waals surface area contributed by atoms with E-state index in [0.717, 1.165) is 0 Å². The van der Waals surface area contributed by atoms with Crippen LogP contribution < -0.4 is 0 Å². The van der Waals surface area contributed by atoms with Crippen molar-refractivity contribution in [2.24, 2.45) is 0 Å². The molecule has 1 aromatic heterocycles. The van der Waals surface area contributed by atoms with Gasteiger partial charge in [-0.2, -0.15) is 0 Å². The molecule has 0 N–H and O–H groups in total. The summed E-state index contributed by atoms with van der Waals surface area (Å²) in [6.07, 6.45) is 0. The minimum Gasteiger partial charge on any atom is -0.134 e. The Balaban J connectivity index is 0.874. The first-order chi connectivity index (χ1) is 46.1. The Morgan fingerprint density at radius 3 is 0.645 bits per heavy atom. The van der Waals surface area contributed by atoms with Gasteiger partial charge in [0.1, 0.15) is 0 Å². The number of benzene rings is 18. The molecule has 430 valence electrons.